The molecule has 3 heterocycles. The summed E-state index contributed by atoms with van der Waals surface area (Å²) in [6, 6.07) is 17.1. The third-order valence-electron chi connectivity index (χ3n) is 6.02. The number of rotatable bonds is 4. The van der Waals surface area contributed by atoms with Crippen LogP contribution in [0.15, 0.2) is 68.7 Å². The van der Waals surface area contributed by atoms with E-state index in [1.807, 2.05) is 49.4 Å². The van der Waals surface area contributed by atoms with E-state index in [9.17, 15) is 14.4 Å². The maximum atomic E-state index is 13.0. The first-order chi connectivity index (χ1) is 16.4. The first-order valence-electron chi connectivity index (χ1n) is 10.9. The van der Waals surface area contributed by atoms with Crippen molar-refractivity contribution in [1.82, 2.24) is 29.4 Å². The van der Waals surface area contributed by atoms with Crippen LogP contribution in [0.5, 0.6) is 0 Å². The maximum absolute atomic E-state index is 13.0. The summed E-state index contributed by atoms with van der Waals surface area (Å²) in [6.45, 7) is 3.03. The van der Waals surface area contributed by atoms with Gasteiger partial charge in [-0.1, -0.05) is 53.2 Å². The fourth-order valence-corrected chi connectivity index (χ4v) is 4.05. The van der Waals surface area contributed by atoms with Gasteiger partial charge in [-0.3, -0.25) is 14.2 Å². The van der Waals surface area contributed by atoms with Crippen LogP contribution in [-0.2, 0) is 7.05 Å². The second kappa shape index (κ2) is 8.54. The van der Waals surface area contributed by atoms with E-state index in [-0.39, 0.29) is 23.3 Å². The SMILES string of the molecule is Cc1ccc(-n2nc(-c3noc(C(=O)N4CC[C@@H](c5ccccc5)C4)n3)c(=O)n(C)c2=O)cc1. The molecule has 4 aromatic rings. The van der Waals surface area contributed by atoms with Gasteiger partial charge in [0, 0.05) is 26.1 Å². The van der Waals surface area contributed by atoms with Crippen LogP contribution >= 0.6 is 0 Å². The Labute approximate surface area is 194 Å². The molecule has 1 amide bonds. The maximum Gasteiger partial charge on any atom is 0.351 e. The molecule has 1 atom stereocenters. The number of carbonyl (C=O) groups is 1. The molecule has 2 aromatic carbocycles. The second-order valence-corrected chi connectivity index (χ2v) is 8.31. The lowest BCUT2D eigenvalue weighted by Crippen LogP contribution is -2.40. The molecule has 1 aliphatic heterocycles. The van der Waals surface area contributed by atoms with E-state index < -0.39 is 17.2 Å². The number of carbonyl (C=O) groups excluding carboxylic acids is 1. The Bertz CT molecular complexity index is 1470. The quantitative estimate of drug-likeness (QED) is 0.459. The minimum Gasteiger partial charge on any atom is -0.334 e. The third kappa shape index (κ3) is 3.83. The van der Waals surface area contributed by atoms with Crippen molar-refractivity contribution in [2.45, 2.75) is 19.3 Å². The lowest BCUT2D eigenvalue weighted by atomic mass is 9.99. The number of aryl methyl sites for hydroxylation is 1. The number of aromatic nitrogens is 5. The Morgan fingerprint density at radius 1 is 1.06 bits per heavy atom. The van der Waals surface area contributed by atoms with Crippen LogP contribution in [0.25, 0.3) is 17.2 Å². The molecule has 34 heavy (non-hydrogen) atoms. The van der Waals surface area contributed by atoms with Crippen molar-refractivity contribution in [3.63, 3.8) is 0 Å². The minimum absolute atomic E-state index is 0.149. The normalized spacial score (nSPS) is 15.6. The summed E-state index contributed by atoms with van der Waals surface area (Å²) in [4.78, 5) is 44.1. The predicted octanol–water partition coefficient (Wildman–Crippen LogP) is 1.92. The van der Waals surface area contributed by atoms with E-state index in [0.717, 1.165) is 21.2 Å². The Morgan fingerprint density at radius 3 is 2.53 bits per heavy atom. The van der Waals surface area contributed by atoms with E-state index in [1.165, 1.54) is 12.6 Å². The van der Waals surface area contributed by atoms with Crippen LogP contribution in [0.2, 0.25) is 0 Å². The molecule has 0 spiro atoms. The zero-order valence-corrected chi connectivity index (χ0v) is 18.7. The molecule has 172 valence electrons. The predicted molar refractivity (Wildman–Crippen MR) is 123 cm³/mol. The molecule has 1 aliphatic rings. The topological polar surface area (TPSA) is 116 Å². The van der Waals surface area contributed by atoms with Gasteiger partial charge in [0.25, 0.3) is 5.56 Å². The summed E-state index contributed by atoms with van der Waals surface area (Å²) in [5.74, 6) is -0.537. The molecular formula is C24H22N6O4. The van der Waals surface area contributed by atoms with Crippen molar-refractivity contribution in [2.75, 3.05) is 13.1 Å². The summed E-state index contributed by atoms with van der Waals surface area (Å²) in [5, 5.41) is 8.00. The van der Waals surface area contributed by atoms with Crippen LogP contribution < -0.4 is 11.2 Å². The van der Waals surface area contributed by atoms with E-state index >= 15 is 0 Å². The van der Waals surface area contributed by atoms with Gasteiger partial charge >= 0.3 is 17.5 Å². The van der Waals surface area contributed by atoms with Crippen LogP contribution in [0.3, 0.4) is 0 Å². The van der Waals surface area contributed by atoms with Gasteiger partial charge in [0.1, 0.15) is 0 Å². The molecule has 0 unspecified atom stereocenters. The smallest absolute Gasteiger partial charge is 0.334 e. The summed E-state index contributed by atoms with van der Waals surface area (Å²) in [7, 11) is 1.35. The Hall–Kier alpha value is -4.34. The highest BCUT2D eigenvalue weighted by Crippen LogP contribution is 2.28. The van der Waals surface area contributed by atoms with E-state index in [4.69, 9.17) is 4.52 Å². The molecule has 1 saturated heterocycles. The highest BCUT2D eigenvalue weighted by Gasteiger charge is 2.31. The van der Waals surface area contributed by atoms with Gasteiger partial charge in [0.2, 0.25) is 5.82 Å². The van der Waals surface area contributed by atoms with Crippen LogP contribution in [0, 0.1) is 6.92 Å². The van der Waals surface area contributed by atoms with Gasteiger partial charge in [-0.05, 0) is 31.0 Å². The zero-order valence-electron chi connectivity index (χ0n) is 18.7. The minimum atomic E-state index is -0.682. The van der Waals surface area contributed by atoms with Crippen molar-refractivity contribution >= 4 is 5.91 Å². The lowest BCUT2D eigenvalue weighted by molar-refractivity contribution is 0.0741. The van der Waals surface area contributed by atoms with Crippen molar-refractivity contribution in [3.05, 3.63) is 92.5 Å². The Morgan fingerprint density at radius 2 is 1.79 bits per heavy atom. The number of hydrogen-bond donors (Lipinski definition) is 0. The molecule has 0 bridgehead atoms. The number of nitrogens with zero attached hydrogens (tertiary/aromatic N) is 6. The molecule has 2 aromatic heterocycles. The number of amides is 1. The summed E-state index contributed by atoms with van der Waals surface area (Å²) in [5.41, 5.74) is 1.19. The summed E-state index contributed by atoms with van der Waals surface area (Å²) >= 11 is 0. The Kier molecular flexibility index (Phi) is 5.40. The second-order valence-electron chi connectivity index (χ2n) is 8.31. The van der Waals surface area contributed by atoms with Crippen molar-refractivity contribution in [1.29, 1.82) is 0 Å². The van der Waals surface area contributed by atoms with E-state index in [1.54, 1.807) is 17.0 Å². The first-order valence-corrected chi connectivity index (χ1v) is 10.9. The number of likely N-dealkylation sites (tertiary alicyclic amines) is 1. The van der Waals surface area contributed by atoms with E-state index in [2.05, 4.69) is 15.2 Å². The highest BCUT2D eigenvalue weighted by molar-refractivity contribution is 5.90. The molecule has 0 aliphatic carbocycles. The summed E-state index contributed by atoms with van der Waals surface area (Å²) < 4.78 is 7.21. The Balaban J connectivity index is 1.43. The van der Waals surface area contributed by atoms with Crippen molar-refractivity contribution in [3.8, 4) is 17.2 Å². The van der Waals surface area contributed by atoms with Gasteiger partial charge < -0.3 is 9.42 Å². The molecule has 10 nitrogen and oxygen atoms in total. The van der Waals surface area contributed by atoms with Gasteiger partial charge in [-0.25, -0.2) is 4.79 Å². The molecule has 0 saturated carbocycles. The van der Waals surface area contributed by atoms with Gasteiger partial charge in [-0.2, -0.15) is 14.8 Å². The van der Waals surface area contributed by atoms with Gasteiger partial charge in [-0.15, -0.1) is 0 Å². The fourth-order valence-electron chi connectivity index (χ4n) is 4.05. The lowest BCUT2D eigenvalue weighted by Gasteiger charge is -2.14. The van der Waals surface area contributed by atoms with Crippen LogP contribution in [-0.4, -0.2) is 48.4 Å². The average Bonchev–Trinajstić information content (AvgIpc) is 3.54. The standard InChI is InChI=1S/C24H22N6O4/c1-15-8-10-18(11-9-15)30-24(33)28(2)22(31)19(26-30)20-25-21(34-27-20)23(32)29-13-12-17(14-29)16-6-4-3-5-7-16/h3-11,17H,12-14H2,1-2H3/t17-/m1/s1. The van der Waals surface area contributed by atoms with Gasteiger partial charge in [0.15, 0.2) is 5.69 Å². The van der Waals surface area contributed by atoms with Gasteiger partial charge in [0.05, 0.1) is 5.69 Å². The average molecular weight is 458 g/mol. The molecule has 1 fully saturated rings. The zero-order chi connectivity index (χ0) is 23.8. The summed E-state index contributed by atoms with van der Waals surface area (Å²) in [6.07, 6.45) is 0.834. The first kappa shape index (κ1) is 21.5. The number of benzene rings is 2. The van der Waals surface area contributed by atoms with Crippen molar-refractivity contribution in [2.24, 2.45) is 7.05 Å². The molecule has 0 N–H and O–H groups in total. The van der Waals surface area contributed by atoms with Crippen LogP contribution in [0.1, 0.15) is 34.2 Å². The third-order valence-corrected chi connectivity index (χ3v) is 6.02. The van der Waals surface area contributed by atoms with E-state index in [0.29, 0.717) is 18.8 Å². The number of hydrogen-bond acceptors (Lipinski definition) is 7. The largest absolute Gasteiger partial charge is 0.351 e. The molecule has 0 radical (unpaired) electrons. The monoisotopic (exact) mass is 458 g/mol. The fraction of sp³-hybridized carbons (Fsp3) is 0.250. The molecule has 10 heteroatoms. The molecule has 5 rings (SSSR count). The highest BCUT2D eigenvalue weighted by atomic mass is 16.5. The molecular weight excluding hydrogens is 436 g/mol. The van der Waals surface area contributed by atoms with Crippen LogP contribution in [0.4, 0.5) is 0 Å². The van der Waals surface area contributed by atoms with Crippen molar-refractivity contribution < 1.29 is 9.32 Å².